The van der Waals surface area contributed by atoms with E-state index in [0.29, 0.717) is 63.0 Å². The van der Waals surface area contributed by atoms with Crippen LogP contribution in [0.4, 0.5) is 5.82 Å². The molecule has 9 nitrogen and oxygen atoms in total. The first kappa shape index (κ1) is 28.0. The van der Waals surface area contributed by atoms with Crippen molar-refractivity contribution in [3.8, 4) is 0 Å². The van der Waals surface area contributed by atoms with Crippen LogP contribution in [-0.2, 0) is 19.7 Å². The quantitative estimate of drug-likeness (QED) is 0.370. The zero-order chi connectivity index (χ0) is 25.3. The van der Waals surface area contributed by atoms with E-state index in [0.717, 1.165) is 6.42 Å². The van der Waals surface area contributed by atoms with Crippen molar-refractivity contribution < 1.29 is 19.1 Å². The second-order valence-electron chi connectivity index (χ2n) is 10.3. The molecule has 1 aromatic rings. The third-order valence-electron chi connectivity index (χ3n) is 5.78. The summed E-state index contributed by atoms with van der Waals surface area (Å²) in [4.78, 5) is 37.2. The van der Waals surface area contributed by atoms with Gasteiger partial charge in [-0.2, -0.15) is 0 Å². The lowest BCUT2D eigenvalue weighted by molar-refractivity contribution is -0.146. The minimum absolute atomic E-state index is 0.124. The van der Waals surface area contributed by atoms with E-state index in [1.807, 2.05) is 11.8 Å². The molecule has 0 saturated carbocycles. The molecule has 0 aromatic carbocycles. The number of amides is 1. The van der Waals surface area contributed by atoms with E-state index in [9.17, 15) is 9.59 Å². The number of aromatic nitrogens is 2. The fourth-order valence-corrected chi connectivity index (χ4v) is 4.01. The highest BCUT2D eigenvalue weighted by Gasteiger charge is 2.35. The van der Waals surface area contributed by atoms with E-state index in [4.69, 9.17) is 14.5 Å². The van der Waals surface area contributed by atoms with Crippen molar-refractivity contribution in [1.29, 1.82) is 0 Å². The highest BCUT2D eigenvalue weighted by atomic mass is 16.5. The van der Waals surface area contributed by atoms with Crippen LogP contribution in [0.3, 0.4) is 0 Å². The van der Waals surface area contributed by atoms with Gasteiger partial charge in [-0.15, -0.1) is 0 Å². The number of ether oxygens (including phenoxy) is 2. The van der Waals surface area contributed by atoms with Crippen LogP contribution in [0.15, 0.2) is 6.20 Å². The normalized spacial score (nSPS) is 18.6. The Morgan fingerprint density at radius 3 is 2.65 bits per heavy atom. The molecule has 192 valence electrons. The first-order chi connectivity index (χ1) is 16.1. The fourth-order valence-electron chi connectivity index (χ4n) is 4.01. The minimum Gasteiger partial charge on any atom is -0.469 e. The van der Waals surface area contributed by atoms with Gasteiger partial charge in [-0.25, -0.2) is 9.97 Å². The third kappa shape index (κ3) is 7.91. The Balaban J connectivity index is 2.33. The topological polar surface area (TPSA) is 106 Å². The van der Waals surface area contributed by atoms with Gasteiger partial charge in [0, 0.05) is 57.0 Å². The molecule has 0 aliphatic carbocycles. The van der Waals surface area contributed by atoms with Crippen LogP contribution in [0, 0.1) is 11.8 Å². The van der Waals surface area contributed by atoms with Crippen LogP contribution in [0.1, 0.15) is 70.6 Å². The van der Waals surface area contributed by atoms with Crippen molar-refractivity contribution >= 4 is 17.7 Å². The molecular weight excluding hydrogens is 434 g/mol. The van der Waals surface area contributed by atoms with Gasteiger partial charge in [-0.05, 0) is 25.7 Å². The molecule has 34 heavy (non-hydrogen) atoms. The molecule has 0 spiro atoms. The number of esters is 1. The van der Waals surface area contributed by atoms with Crippen LogP contribution in [0.2, 0.25) is 0 Å². The molecule has 1 aliphatic heterocycles. The molecular formula is C25H43N5O4. The highest BCUT2D eigenvalue weighted by molar-refractivity contribution is 5.98. The van der Waals surface area contributed by atoms with Crippen molar-refractivity contribution in [3.05, 3.63) is 17.6 Å². The molecule has 1 aromatic heterocycles. The molecule has 1 aliphatic rings. The Morgan fingerprint density at radius 1 is 1.29 bits per heavy atom. The summed E-state index contributed by atoms with van der Waals surface area (Å²) in [5.41, 5.74) is 0.201. The molecule has 1 fully saturated rings. The standard InChI is InChI=1S/C25H43N5O4/c1-8-34-11-9-10-27-21-20(15-28-24(29-21)25(4,5)6)22(31)30(16-17(2)3)19-12-18(13-26-14-19)23(32)33-7/h15,17-19,26H,8-14,16H2,1-7H3,(H,27,28,29)/t18-,19+/m0/s1. The zero-order valence-corrected chi connectivity index (χ0v) is 21.9. The number of carbonyl (C=O) groups is 2. The van der Waals surface area contributed by atoms with E-state index in [-0.39, 0.29) is 35.2 Å². The summed E-state index contributed by atoms with van der Waals surface area (Å²) in [6.07, 6.45) is 3.01. The average molecular weight is 478 g/mol. The van der Waals surface area contributed by atoms with Crippen molar-refractivity contribution in [2.45, 2.75) is 65.8 Å². The smallest absolute Gasteiger partial charge is 0.310 e. The van der Waals surface area contributed by atoms with Gasteiger partial charge in [-0.3, -0.25) is 9.59 Å². The molecule has 2 rings (SSSR count). The lowest BCUT2D eigenvalue weighted by Crippen LogP contribution is -2.53. The first-order valence-electron chi connectivity index (χ1n) is 12.4. The summed E-state index contributed by atoms with van der Waals surface area (Å²) in [7, 11) is 1.40. The Kier molecular flexibility index (Phi) is 10.7. The van der Waals surface area contributed by atoms with Crippen LogP contribution in [-0.4, -0.2) is 79.3 Å². The third-order valence-corrected chi connectivity index (χ3v) is 5.78. The number of piperidine rings is 1. The predicted octanol–water partition coefficient (Wildman–Crippen LogP) is 2.86. The van der Waals surface area contributed by atoms with Crippen molar-refractivity contribution in [1.82, 2.24) is 20.2 Å². The monoisotopic (exact) mass is 477 g/mol. The van der Waals surface area contributed by atoms with Crippen LogP contribution in [0.25, 0.3) is 0 Å². The van der Waals surface area contributed by atoms with Gasteiger partial charge in [0.15, 0.2) is 0 Å². The van der Waals surface area contributed by atoms with Crippen molar-refractivity contribution in [2.75, 3.05) is 51.8 Å². The van der Waals surface area contributed by atoms with Gasteiger partial charge in [0.05, 0.1) is 13.0 Å². The number of nitrogens with one attached hydrogen (secondary N) is 2. The van der Waals surface area contributed by atoms with Crippen molar-refractivity contribution in [3.63, 3.8) is 0 Å². The molecule has 0 bridgehead atoms. The fraction of sp³-hybridized carbons (Fsp3) is 0.760. The molecule has 1 amide bonds. The summed E-state index contributed by atoms with van der Waals surface area (Å²) >= 11 is 0. The number of nitrogens with zero attached hydrogens (tertiary/aromatic N) is 3. The maximum Gasteiger partial charge on any atom is 0.310 e. The van der Waals surface area contributed by atoms with E-state index in [1.165, 1.54) is 7.11 Å². The van der Waals surface area contributed by atoms with Crippen LogP contribution in [0.5, 0.6) is 0 Å². The van der Waals surface area contributed by atoms with Gasteiger partial charge in [0.2, 0.25) is 0 Å². The number of rotatable bonds is 11. The minimum atomic E-state index is -0.276. The summed E-state index contributed by atoms with van der Waals surface area (Å²) in [6.45, 7) is 16.0. The Bertz CT molecular complexity index is 809. The largest absolute Gasteiger partial charge is 0.469 e. The lowest BCUT2D eigenvalue weighted by atomic mass is 9.93. The van der Waals surface area contributed by atoms with Crippen LogP contribution >= 0.6 is 0 Å². The SMILES string of the molecule is CCOCCCNc1nc(C(C)(C)C)ncc1C(=O)N(CC(C)C)[C@H]1CNC[C@@H](C(=O)OC)C1. The lowest BCUT2D eigenvalue weighted by Gasteiger charge is -2.38. The maximum atomic E-state index is 13.9. The maximum absolute atomic E-state index is 13.9. The number of carbonyl (C=O) groups excluding carboxylic acids is 2. The molecule has 1 saturated heterocycles. The van der Waals surface area contributed by atoms with E-state index >= 15 is 0 Å². The molecule has 0 unspecified atom stereocenters. The molecule has 0 radical (unpaired) electrons. The van der Waals surface area contributed by atoms with E-state index in [1.54, 1.807) is 6.20 Å². The Hall–Kier alpha value is -2.26. The van der Waals surface area contributed by atoms with Crippen LogP contribution < -0.4 is 10.6 Å². The van der Waals surface area contributed by atoms with Gasteiger partial charge in [0.25, 0.3) is 5.91 Å². The van der Waals surface area contributed by atoms with E-state index in [2.05, 4.69) is 50.2 Å². The van der Waals surface area contributed by atoms with Gasteiger partial charge >= 0.3 is 5.97 Å². The average Bonchev–Trinajstić information content (AvgIpc) is 2.80. The van der Waals surface area contributed by atoms with Gasteiger partial charge in [0.1, 0.15) is 17.2 Å². The van der Waals surface area contributed by atoms with Crippen molar-refractivity contribution in [2.24, 2.45) is 11.8 Å². The summed E-state index contributed by atoms with van der Waals surface area (Å²) in [5, 5.41) is 6.65. The number of anilines is 1. The predicted molar refractivity (Wildman–Crippen MR) is 133 cm³/mol. The highest BCUT2D eigenvalue weighted by Crippen LogP contribution is 2.25. The zero-order valence-electron chi connectivity index (χ0n) is 21.9. The molecule has 2 atom stereocenters. The summed E-state index contributed by atoms with van der Waals surface area (Å²) in [5.74, 6) is 0.837. The molecule has 9 heteroatoms. The Labute approximate surface area is 204 Å². The number of methoxy groups -OCH3 is 1. The second kappa shape index (κ2) is 13.0. The molecule has 2 heterocycles. The number of hydrogen-bond acceptors (Lipinski definition) is 8. The first-order valence-corrected chi connectivity index (χ1v) is 12.4. The summed E-state index contributed by atoms with van der Waals surface area (Å²) < 4.78 is 10.4. The second-order valence-corrected chi connectivity index (χ2v) is 10.3. The molecule has 2 N–H and O–H groups in total. The van der Waals surface area contributed by atoms with Gasteiger partial charge in [-0.1, -0.05) is 34.6 Å². The van der Waals surface area contributed by atoms with Gasteiger partial charge < -0.3 is 25.0 Å². The Morgan fingerprint density at radius 2 is 2.03 bits per heavy atom. The summed E-state index contributed by atoms with van der Waals surface area (Å²) in [6, 6.07) is -0.124. The van der Waals surface area contributed by atoms with E-state index < -0.39 is 0 Å². The number of hydrogen-bond donors (Lipinski definition) is 2.